The van der Waals surface area contributed by atoms with Gasteiger partial charge in [-0.1, -0.05) is 6.07 Å². The molecule has 0 unspecified atom stereocenters. The van der Waals surface area contributed by atoms with Crippen molar-refractivity contribution in [2.75, 3.05) is 48.8 Å². The number of amides is 2. The van der Waals surface area contributed by atoms with E-state index in [1.54, 1.807) is 24.3 Å². The van der Waals surface area contributed by atoms with Crippen molar-refractivity contribution in [3.63, 3.8) is 0 Å². The minimum absolute atomic E-state index is 0.164. The fourth-order valence-electron chi connectivity index (χ4n) is 3.28. The van der Waals surface area contributed by atoms with Gasteiger partial charge in [-0.25, -0.2) is 0 Å². The van der Waals surface area contributed by atoms with Crippen LogP contribution in [0.4, 0.5) is 17.1 Å². The zero-order valence-corrected chi connectivity index (χ0v) is 16.1. The molecule has 6 heteroatoms. The van der Waals surface area contributed by atoms with Crippen LogP contribution < -0.4 is 15.5 Å². The maximum absolute atomic E-state index is 12.5. The molecule has 2 aromatic carbocycles. The summed E-state index contributed by atoms with van der Waals surface area (Å²) in [6, 6.07) is 12.9. The van der Waals surface area contributed by atoms with E-state index in [1.807, 2.05) is 12.1 Å². The highest BCUT2D eigenvalue weighted by atomic mass is 16.2. The molecule has 0 saturated carbocycles. The van der Waals surface area contributed by atoms with E-state index in [-0.39, 0.29) is 11.8 Å². The molecular formula is C21H26N4O2. The minimum Gasteiger partial charge on any atom is -0.369 e. The molecule has 0 spiro atoms. The standard InChI is InChI=1S/C21H26N4O2/c1-15-13-19(7-8-20(15)25-11-9-24(3)10-12-25)23-21(27)17-5-4-6-18(14-17)22-16(2)26/h4-8,13-14H,9-12H2,1-3H3,(H,22,26)(H,23,27). The van der Waals surface area contributed by atoms with E-state index in [9.17, 15) is 9.59 Å². The summed E-state index contributed by atoms with van der Waals surface area (Å²) >= 11 is 0. The van der Waals surface area contributed by atoms with Crippen molar-refractivity contribution in [3.05, 3.63) is 53.6 Å². The number of carbonyl (C=O) groups is 2. The van der Waals surface area contributed by atoms with Crippen LogP contribution in [0.25, 0.3) is 0 Å². The van der Waals surface area contributed by atoms with Gasteiger partial charge in [0.25, 0.3) is 5.91 Å². The van der Waals surface area contributed by atoms with E-state index in [4.69, 9.17) is 0 Å². The van der Waals surface area contributed by atoms with Crippen LogP contribution >= 0.6 is 0 Å². The fraction of sp³-hybridized carbons (Fsp3) is 0.333. The molecule has 1 aliphatic rings. The summed E-state index contributed by atoms with van der Waals surface area (Å²) in [5, 5.41) is 5.63. The molecule has 6 nitrogen and oxygen atoms in total. The topological polar surface area (TPSA) is 64.7 Å². The molecule has 2 N–H and O–H groups in total. The van der Waals surface area contributed by atoms with Gasteiger partial charge >= 0.3 is 0 Å². The third-order valence-electron chi connectivity index (χ3n) is 4.74. The van der Waals surface area contributed by atoms with E-state index < -0.39 is 0 Å². The summed E-state index contributed by atoms with van der Waals surface area (Å²) in [5.74, 6) is -0.364. The number of nitrogens with one attached hydrogen (secondary N) is 2. The largest absolute Gasteiger partial charge is 0.369 e. The second-order valence-corrected chi connectivity index (χ2v) is 7.01. The number of benzene rings is 2. The highest BCUT2D eigenvalue weighted by Crippen LogP contribution is 2.25. The molecule has 0 aliphatic carbocycles. The van der Waals surface area contributed by atoms with Crippen LogP contribution in [0.3, 0.4) is 0 Å². The Bertz CT molecular complexity index is 842. The highest BCUT2D eigenvalue weighted by Gasteiger charge is 2.16. The molecule has 3 rings (SSSR count). The summed E-state index contributed by atoms with van der Waals surface area (Å²) < 4.78 is 0. The van der Waals surface area contributed by atoms with Gasteiger partial charge in [0, 0.05) is 55.7 Å². The molecule has 0 bridgehead atoms. The Balaban J connectivity index is 1.69. The number of nitrogens with zero attached hydrogens (tertiary/aromatic N) is 2. The number of anilines is 3. The molecule has 0 aromatic heterocycles. The van der Waals surface area contributed by atoms with Crippen molar-refractivity contribution in [2.45, 2.75) is 13.8 Å². The molecule has 142 valence electrons. The van der Waals surface area contributed by atoms with Crippen molar-refractivity contribution >= 4 is 28.9 Å². The Morgan fingerprint density at radius 1 is 0.926 bits per heavy atom. The van der Waals surface area contributed by atoms with Crippen LogP contribution in [0.5, 0.6) is 0 Å². The van der Waals surface area contributed by atoms with Crippen molar-refractivity contribution in [2.24, 2.45) is 0 Å². The Morgan fingerprint density at radius 2 is 1.63 bits per heavy atom. The lowest BCUT2D eigenvalue weighted by atomic mass is 10.1. The molecule has 0 atom stereocenters. The number of piperazine rings is 1. The lowest BCUT2D eigenvalue weighted by Gasteiger charge is -2.35. The third kappa shape index (κ3) is 4.86. The van der Waals surface area contributed by atoms with E-state index in [0.717, 1.165) is 37.4 Å². The average molecular weight is 366 g/mol. The first-order valence-electron chi connectivity index (χ1n) is 9.15. The monoisotopic (exact) mass is 366 g/mol. The molecule has 2 amide bonds. The summed E-state index contributed by atoms with van der Waals surface area (Å²) in [6.07, 6.45) is 0. The fourth-order valence-corrected chi connectivity index (χ4v) is 3.28. The van der Waals surface area contributed by atoms with E-state index in [0.29, 0.717) is 11.3 Å². The summed E-state index contributed by atoms with van der Waals surface area (Å²) in [4.78, 5) is 28.4. The number of rotatable bonds is 4. The van der Waals surface area contributed by atoms with Gasteiger partial charge in [-0.05, 0) is 55.9 Å². The van der Waals surface area contributed by atoms with Crippen LogP contribution in [0.1, 0.15) is 22.8 Å². The maximum atomic E-state index is 12.5. The van der Waals surface area contributed by atoms with Gasteiger partial charge in [-0.3, -0.25) is 9.59 Å². The zero-order chi connectivity index (χ0) is 19.4. The minimum atomic E-state index is -0.200. The SMILES string of the molecule is CC(=O)Nc1cccc(C(=O)Nc2ccc(N3CCN(C)CC3)c(C)c2)c1. The van der Waals surface area contributed by atoms with Crippen molar-refractivity contribution in [1.82, 2.24) is 4.90 Å². The predicted octanol–water partition coefficient (Wildman–Crippen LogP) is 2.96. The van der Waals surface area contributed by atoms with Crippen LogP contribution in [0.2, 0.25) is 0 Å². The molecule has 1 saturated heterocycles. The quantitative estimate of drug-likeness (QED) is 0.873. The second-order valence-electron chi connectivity index (χ2n) is 7.01. The van der Waals surface area contributed by atoms with Gasteiger partial charge in [-0.15, -0.1) is 0 Å². The lowest BCUT2D eigenvalue weighted by Crippen LogP contribution is -2.44. The van der Waals surface area contributed by atoms with E-state index in [2.05, 4.69) is 40.5 Å². The second kappa shape index (κ2) is 8.22. The van der Waals surface area contributed by atoms with Crippen molar-refractivity contribution < 1.29 is 9.59 Å². The predicted molar refractivity (Wildman–Crippen MR) is 110 cm³/mol. The summed E-state index contributed by atoms with van der Waals surface area (Å²) in [6.45, 7) is 7.65. The smallest absolute Gasteiger partial charge is 0.255 e. The molecule has 27 heavy (non-hydrogen) atoms. The normalized spacial score (nSPS) is 14.7. The van der Waals surface area contributed by atoms with E-state index >= 15 is 0 Å². The molecule has 0 radical (unpaired) electrons. The van der Waals surface area contributed by atoms with Gasteiger partial charge in [0.15, 0.2) is 0 Å². The number of aryl methyl sites for hydroxylation is 1. The van der Waals surface area contributed by atoms with Gasteiger partial charge in [0.05, 0.1) is 0 Å². The van der Waals surface area contributed by atoms with Crippen LogP contribution in [-0.4, -0.2) is 49.9 Å². The molecule has 1 fully saturated rings. The van der Waals surface area contributed by atoms with Gasteiger partial charge < -0.3 is 20.4 Å². The average Bonchev–Trinajstić information content (AvgIpc) is 2.62. The van der Waals surface area contributed by atoms with Gasteiger partial charge in [0.2, 0.25) is 5.91 Å². The zero-order valence-electron chi connectivity index (χ0n) is 16.1. The van der Waals surface area contributed by atoms with Crippen LogP contribution in [0.15, 0.2) is 42.5 Å². The Labute approximate surface area is 160 Å². The van der Waals surface area contributed by atoms with E-state index in [1.165, 1.54) is 12.6 Å². The van der Waals surface area contributed by atoms with Crippen LogP contribution in [0, 0.1) is 6.92 Å². The Kier molecular flexibility index (Phi) is 5.76. The molecule has 2 aromatic rings. The van der Waals surface area contributed by atoms with Gasteiger partial charge in [-0.2, -0.15) is 0 Å². The van der Waals surface area contributed by atoms with Crippen molar-refractivity contribution in [3.8, 4) is 0 Å². The summed E-state index contributed by atoms with van der Waals surface area (Å²) in [5.41, 5.74) is 4.23. The Hall–Kier alpha value is -2.86. The number of hydrogen-bond acceptors (Lipinski definition) is 4. The first kappa shape index (κ1) is 18.9. The third-order valence-corrected chi connectivity index (χ3v) is 4.74. The first-order valence-corrected chi connectivity index (χ1v) is 9.15. The maximum Gasteiger partial charge on any atom is 0.255 e. The highest BCUT2D eigenvalue weighted by molar-refractivity contribution is 6.05. The van der Waals surface area contributed by atoms with Crippen LogP contribution in [-0.2, 0) is 4.79 Å². The molecular weight excluding hydrogens is 340 g/mol. The first-order chi connectivity index (χ1) is 12.9. The number of likely N-dealkylation sites (N-methyl/N-ethyl adjacent to an activating group) is 1. The Morgan fingerprint density at radius 3 is 2.30 bits per heavy atom. The molecule has 1 aliphatic heterocycles. The summed E-state index contributed by atoms with van der Waals surface area (Å²) in [7, 11) is 2.14. The van der Waals surface area contributed by atoms with Gasteiger partial charge in [0.1, 0.15) is 0 Å². The molecule has 1 heterocycles. The number of hydrogen-bond donors (Lipinski definition) is 2. The lowest BCUT2D eigenvalue weighted by molar-refractivity contribution is -0.114. The number of carbonyl (C=O) groups excluding carboxylic acids is 2. The van der Waals surface area contributed by atoms with Crippen molar-refractivity contribution in [1.29, 1.82) is 0 Å².